The molecular weight excluding hydrogens is 502 g/mol. The van der Waals surface area contributed by atoms with Crippen LogP contribution in [0, 0.1) is 23.1 Å². The summed E-state index contributed by atoms with van der Waals surface area (Å²) in [5.41, 5.74) is 1.70. The van der Waals surface area contributed by atoms with Gasteiger partial charge in [0.15, 0.2) is 0 Å². The lowest BCUT2D eigenvalue weighted by molar-refractivity contribution is 0.0273. The number of hydrogen-bond donors (Lipinski definition) is 2. The van der Waals surface area contributed by atoms with Gasteiger partial charge in [-0.05, 0) is 80.6 Å². The summed E-state index contributed by atoms with van der Waals surface area (Å²) in [4.78, 5) is 6.58. The number of piperidine rings is 1. The third kappa shape index (κ3) is 6.11. The topological polar surface area (TPSA) is 65.8 Å². The maximum atomic E-state index is 13.6. The van der Waals surface area contributed by atoms with Gasteiger partial charge in [0.05, 0.1) is 35.3 Å². The predicted octanol–water partition coefficient (Wildman–Crippen LogP) is 5.63. The maximum Gasteiger partial charge on any atom is 0.143 e. The number of pyridine rings is 1. The molecule has 0 amide bonds. The molecule has 190 valence electrons. The highest BCUT2D eigenvalue weighted by Crippen LogP contribution is 2.40. The number of hydrogen-bond acceptors (Lipinski definition) is 5. The summed E-state index contributed by atoms with van der Waals surface area (Å²) in [6.07, 6.45) is 3.51. The third-order valence-electron chi connectivity index (χ3n) is 7.06. The van der Waals surface area contributed by atoms with Crippen molar-refractivity contribution in [3.05, 3.63) is 69.6 Å². The lowest BCUT2D eigenvalue weighted by Crippen LogP contribution is -2.42. The van der Waals surface area contributed by atoms with Crippen molar-refractivity contribution in [2.24, 2.45) is 5.41 Å². The van der Waals surface area contributed by atoms with Crippen molar-refractivity contribution >= 4 is 34.1 Å². The molecule has 2 N–H and O–H groups in total. The average Bonchev–Trinajstić information content (AvgIpc) is 2.89. The number of nitrogens with zero attached hydrogens (tertiary/aromatic N) is 2. The quantitative estimate of drug-likeness (QED) is 0.387. The minimum Gasteiger partial charge on any atom is -0.497 e. The third-order valence-corrected chi connectivity index (χ3v) is 7.66. The highest BCUT2D eigenvalue weighted by atomic mass is 35.5. The van der Waals surface area contributed by atoms with Crippen LogP contribution < -0.4 is 4.74 Å². The van der Waals surface area contributed by atoms with Crippen molar-refractivity contribution in [3.63, 3.8) is 0 Å². The van der Waals surface area contributed by atoms with E-state index in [1.165, 1.54) is 12.1 Å². The first-order valence-corrected chi connectivity index (χ1v) is 12.7. The number of likely N-dealkylation sites (tertiary alicyclic amines) is 1. The second-order valence-electron chi connectivity index (χ2n) is 9.32. The number of aliphatic hydroxyl groups is 2. The summed E-state index contributed by atoms with van der Waals surface area (Å²) >= 11 is 12.2. The van der Waals surface area contributed by atoms with Gasteiger partial charge in [0, 0.05) is 29.3 Å². The van der Waals surface area contributed by atoms with Gasteiger partial charge in [0.25, 0.3) is 0 Å². The Balaban J connectivity index is 1.37. The second-order valence-corrected chi connectivity index (χ2v) is 10.1. The fourth-order valence-electron chi connectivity index (χ4n) is 4.72. The Bertz CT molecular complexity index is 1280. The van der Waals surface area contributed by atoms with Crippen LogP contribution in [0.15, 0.2) is 42.6 Å². The van der Waals surface area contributed by atoms with E-state index in [-0.39, 0.29) is 17.0 Å². The van der Waals surface area contributed by atoms with Gasteiger partial charge in [-0.3, -0.25) is 9.88 Å². The minimum atomic E-state index is -0.790. The Morgan fingerprint density at radius 3 is 2.64 bits per heavy atom. The maximum absolute atomic E-state index is 13.6. The van der Waals surface area contributed by atoms with Gasteiger partial charge in [-0.25, -0.2) is 4.39 Å². The summed E-state index contributed by atoms with van der Waals surface area (Å²) < 4.78 is 18.9. The number of halogens is 3. The Morgan fingerprint density at radius 1 is 1.17 bits per heavy atom. The molecule has 0 saturated carbocycles. The van der Waals surface area contributed by atoms with Gasteiger partial charge in [0.2, 0.25) is 0 Å². The summed E-state index contributed by atoms with van der Waals surface area (Å²) in [6, 6.07) is 10.0. The van der Waals surface area contributed by atoms with E-state index in [2.05, 4.69) is 21.7 Å². The van der Waals surface area contributed by atoms with Crippen molar-refractivity contribution in [2.45, 2.75) is 31.8 Å². The molecule has 1 saturated heterocycles. The number of benzene rings is 2. The number of fused-ring (bicyclic) bond motifs is 1. The fraction of sp³-hybridized carbons (Fsp3) is 0.393. The van der Waals surface area contributed by atoms with E-state index in [0.29, 0.717) is 41.3 Å². The first-order valence-electron chi connectivity index (χ1n) is 11.9. The summed E-state index contributed by atoms with van der Waals surface area (Å²) in [5, 5.41) is 22.6. The molecule has 2 aromatic carbocycles. The van der Waals surface area contributed by atoms with Gasteiger partial charge < -0.3 is 14.9 Å². The van der Waals surface area contributed by atoms with E-state index >= 15 is 0 Å². The van der Waals surface area contributed by atoms with E-state index in [1.807, 2.05) is 18.2 Å². The molecule has 1 fully saturated rings. The number of aromatic nitrogens is 1. The van der Waals surface area contributed by atoms with Crippen molar-refractivity contribution < 1.29 is 19.3 Å². The van der Waals surface area contributed by atoms with Crippen molar-refractivity contribution in [2.75, 3.05) is 33.4 Å². The summed E-state index contributed by atoms with van der Waals surface area (Å²) in [7, 11) is 1.59. The van der Waals surface area contributed by atoms with E-state index < -0.39 is 11.9 Å². The average molecular weight is 531 g/mol. The summed E-state index contributed by atoms with van der Waals surface area (Å²) in [6.45, 7) is 2.20. The zero-order chi connectivity index (χ0) is 25.7. The first-order chi connectivity index (χ1) is 17.3. The molecule has 0 unspecified atom stereocenters. The highest BCUT2D eigenvalue weighted by Gasteiger charge is 2.34. The van der Waals surface area contributed by atoms with Crippen LogP contribution in [0.4, 0.5) is 4.39 Å². The van der Waals surface area contributed by atoms with Crippen LogP contribution in [0.5, 0.6) is 5.75 Å². The molecule has 3 aromatic rings. The van der Waals surface area contributed by atoms with E-state index in [0.717, 1.165) is 36.8 Å². The van der Waals surface area contributed by atoms with Crippen LogP contribution in [0.3, 0.4) is 0 Å². The smallest absolute Gasteiger partial charge is 0.143 e. The van der Waals surface area contributed by atoms with Gasteiger partial charge in [-0.1, -0.05) is 35.0 Å². The SMILES string of the molecule is COc1ccc2ncc(Cl)c([C@H](O)CCC3(CO)CCN(CC#Cc4ccc(Cl)c(F)c4)CC3)c2c1. The Labute approximate surface area is 220 Å². The molecule has 1 atom stereocenters. The Morgan fingerprint density at radius 2 is 1.94 bits per heavy atom. The summed E-state index contributed by atoms with van der Waals surface area (Å²) in [5.74, 6) is 6.28. The molecule has 36 heavy (non-hydrogen) atoms. The molecule has 0 radical (unpaired) electrons. The van der Waals surface area contributed by atoms with Crippen molar-refractivity contribution in [3.8, 4) is 17.6 Å². The second kappa shape index (κ2) is 11.8. The standard InChI is InChI=1S/C28H29Cl2FN2O3/c1-36-20-5-7-25-21(16-20)27(23(30)17-32-25)26(35)8-9-28(18-34)10-13-33(14-11-28)12-2-3-19-4-6-22(29)24(31)15-19/h4-7,15-17,26,34-35H,8-14,18H2,1H3/t26-/m1/s1. The van der Waals surface area contributed by atoms with Crippen molar-refractivity contribution in [1.29, 1.82) is 0 Å². The Hall–Kier alpha value is -2.40. The van der Waals surface area contributed by atoms with Crippen LogP contribution in [-0.4, -0.2) is 53.4 Å². The van der Waals surface area contributed by atoms with E-state index in [9.17, 15) is 14.6 Å². The molecule has 5 nitrogen and oxygen atoms in total. The molecule has 0 aliphatic carbocycles. The lowest BCUT2D eigenvalue weighted by Gasteiger charge is -2.40. The molecule has 2 heterocycles. The zero-order valence-electron chi connectivity index (χ0n) is 20.1. The molecule has 1 aromatic heterocycles. The van der Waals surface area contributed by atoms with E-state index in [4.69, 9.17) is 27.9 Å². The molecule has 0 bridgehead atoms. The monoisotopic (exact) mass is 530 g/mol. The molecule has 4 rings (SSSR count). The molecule has 8 heteroatoms. The van der Waals surface area contributed by atoms with Gasteiger partial charge in [-0.15, -0.1) is 0 Å². The lowest BCUT2D eigenvalue weighted by atomic mass is 9.74. The van der Waals surface area contributed by atoms with Crippen LogP contribution in [0.2, 0.25) is 10.0 Å². The zero-order valence-corrected chi connectivity index (χ0v) is 21.6. The number of aliphatic hydroxyl groups excluding tert-OH is 2. The van der Waals surface area contributed by atoms with Crippen molar-refractivity contribution in [1.82, 2.24) is 9.88 Å². The van der Waals surface area contributed by atoms with E-state index in [1.54, 1.807) is 19.4 Å². The van der Waals surface area contributed by atoms with Crippen LogP contribution in [-0.2, 0) is 0 Å². The fourth-order valence-corrected chi connectivity index (χ4v) is 5.11. The van der Waals surface area contributed by atoms with Gasteiger partial charge in [0.1, 0.15) is 11.6 Å². The van der Waals surface area contributed by atoms with Gasteiger partial charge in [-0.2, -0.15) is 0 Å². The number of ether oxygens (including phenoxy) is 1. The minimum absolute atomic E-state index is 0.0575. The molecule has 1 aliphatic heterocycles. The number of methoxy groups -OCH3 is 1. The largest absolute Gasteiger partial charge is 0.497 e. The normalized spacial score (nSPS) is 16.4. The van der Waals surface area contributed by atoms with Crippen LogP contribution >= 0.6 is 23.2 Å². The van der Waals surface area contributed by atoms with Gasteiger partial charge >= 0.3 is 0 Å². The Kier molecular flexibility index (Phi) is 8.71. The highest BCUT2D eigenvalue weighted by molar-refractivity contribution is 6.32. The molecule has 0 spiro atoms. The number of rotatable bonds is 7. The van der Waals surface area contributed by atoms with Crippen LogP contribution in [0.1, 0.15) is 42.9 Å². The first kappa shape index (κ1) is 26.7. The molecular formula is C28H29Cl2FN2O3. The predicted molar refractivity (Wildman–Crippen MR) is 141 cm³/mol. The molecule has 1 aliphatic rings. The van der Waals surface area contributed by atoms with Crippen LogP contribution in [0.25, 0.3) is 10.9 Å².